The summed E-state index contributed by atoms with van der Waals surface area (Å²) in [5.74, 6) is 0.687. The summed E-state index contributed by atoms with van der Waals surface area (Å²) in [7, 11) is 0. The molecule has 3 aliphatic rings. The third kappa shape index (κ3) is 2.28. The molecule has 1 amide bonds. The second-order valence-corrected chi connectivity index (χ2v) is 6.76. The van der Waals surface area contributed by atoms with E-state index in [9.17, 15) is 9.90 Å². The van der Waals surface area contributed by atoms with Crippen molar-refractivity contribution < 1.29 is 14.6 Å². The molecule has 19 heavy (non-hydrogen) atoms. The lowest BCUT2D eigenvalue weighted by Crippen LogP contribution is -2.47. The van der Waals surface area contributed by atoms with Gasteiger partial charge in [-0.3, -0.25) is 4.79 Å². The second-order valence-electron chi connectivity index (χ2n) is 6.20. The van der Waals surface area contributed by atoms with Gasteiger partial charge in [0.15, 0.2) is 0 Å². The molecule has 5 atom stereocenters. The molecular formula is C14H22ClNO3. The van der Waals surface area contributed by atoms with Crippen LogP contribution in [0.15, 0.2) is 0 Å². The van der Waals surface area contributed by atoms with Crippen LogP contribution in [0.3, 0.4) is 0 Å². The summed E-state index contributed by atoms with van der Waals surface area (Å²) in [5.41, 5.74) is 0. The molecule has 3 rings (SSSR count). The van der Waals surface area contributed by atoms with Crippen LogP contribution in [0.25, 0.3) is 0 Å². The number of ether oxygens (including phenoxy) is 1. The van der Waals surface area contributed by atoms with E-state index in [4.69, 9.17) is 16.3 Å². The summed E-state index contributed by atoms with van der Waals surface area (Å²) in [6.07, 6.45) is 3.98. The van der Waals surface area contributed by atoms with Crippen LogP contribution in [0.5, 0.6) is 0 Å². The summed E-state index contributed by atoms with van der Waals surface area (Å²) in [5, 5.41) is 9.81. The monoisotopic (exact) mass is 287 g/mol. The summed E-state index contributed by atoms with van der Waals surface area (Å²) >= 11 is 6.25. The molecule has 3 fully saturated rings. The molecule has 0 aromatic heterocycles. The average molecular weight is 288 g/mol. The van der Waals surface area contributed by atoms with E-state index >= 15 is 0 Å². The number of fused-ring (bicyclic) bond motifs is 1. The number of rotatable bonds is 2. The number of alkyl halides is 1. The predicted octanol–water partition coefficient (Wildman–Crippen LogP) is 1.39. The first-order valence-electron chi connectivity index (χ1n) is 7.34. The lowest BCUT2D eigenvalue weighted by atomic mass is 9.91. The summed E-state index contributed by atoms with van der Waals surface area (Å²) in [6, 6.07) is -0.237. The van der Waals surface area contributed by atoms with Gasteiger partial charge in [0.25, 0.3) is 0 Å². The standard InChI is InChI=1S/C14H22ClNO3/c1-8(9-4-2-3-5-9)14(18)16-6-10(15)13-12(16)11(17)7-19-13/h8-13,17H,2-7H2,1H3/t8-,10-,11-,12+,13+/m0/s1. The van der Waals surface area contributed by atoms with Gasteiger partial charge in [-0.15, -0.1) is 11.6 Å². The fourth-order valence-corrected chi connectivity index (χ4v) is 4.27. The molecule has 0 aromatic rings. The molecule has 5 heteroatoms. The minimum atomic E-state index is -0.589. The van der Waals surface area contributed by atoms with E-state index in [1.54, 1.807) is 4.90 Å². The van der Waals surface area contributed by atoms with Gasteiger partial charge < -0.3 is 14.7 Å². The highest BCUT2D eigenvalue weighted by atomic mass is 35.5. The van der Waals surface area contributed by atoms with Gasteiger partial charge in [-0.1, -0.05) is 19.8 Å². The van der Waals surface area contributed by atoms with E-state index in [0.717, 1.165) is 12.8 Å². The smallest absolute Gasteiger partial charge is 0.226 e. The lowest BCUT2D eigenvalue weighted by Gasteiger charge is -2.30. The van der Waals surface area contributed by atoms with Crippen molar-refractivity contribution in [2.24, 2.45) is 11.8 Å². The number of carbonyl (C=O) groups is 1. The molecule has 1 N–H and O–H groups in total. The molecule has 2 heterocycles. The van der Waals surface area contributed by atoms with Gasteiger partial charge in [-0.2, -0.15) is 0 Å². The van der Waals surface area contributed by atoms with Crippen molar-refractivity contribution in [3.8, 4) is 0 Å². The zero-order valence-corrected chi connectivity index (χ0v) is 12.1. The number of hydrogen-bond donors (Lipinski definition) is 1. The second kappa shape index (κ2) is 5.23. The van der Waals surface area contributed by atoms with Crippen LogP contribution >= 0.6 is 11.6 Å². The van der Waals surface area contributed by atoms with Crippen molar-refractivity contribution in [2.75, 3.05) is 13.2 Å². The molecule has 0 bridgehead atoms. The van der Waals surface area contributed by atoms with E-state index in [1.807, 2.05) is 6.92 Å². The summed E-state index contributed by atoms with van der Waals surface area (Å²) in [6.45, 7) is 2.82. The highest BCUT2D eigenvalue weighted by Gasteiger charge is 2.52. The first-order chi connectivity index (χ1) is 9.09. The first-order valence-corrected chi connectivity index (χ1v) is 7.77. The fraction of sp³-hybridized carbons (Fsp3) is 0.929. The molecule has 1 aliphatic carbocycles. The number of aliphatic hydroxyl groups excluding tert-OH is 1. The van der Waals surface area contributed by atoms with Gasteiger partial charge in [0, 0.05) is 12.5 Å². The molecule has 0 spiro atoms. The van der Waals surface area contributed by atoms with E-state index in [1.165, 1.54) is 12.8 Å². The van der Waals surface area contributed by atoms with Crippen LogP contribution in [0.4, 0.5) is 0 Å². The molecule has 2 saturated heterocycles. The summed E-state index contributed by atoms with van der Waals surface area (Å²) in [4.78, 5) is 14.4. The highest BCUT2D eigenvalue weighted by molar-refractivity contribution is 6.21. The van der Waals surface area contributed by atoms with Gasteiger partial charge in [0.05, 0.1) is 24.1 Å². The molecule has 1 saturated carbocycles. The Kier molecular flexibility index (Phi) is 3.76. The van der Waals surface area contributed by atoms with Crippen molar-refractivity contribution in [1.82, 2.24) is 4.90 Å². The number of aliphatic hydroxyl groups is 1. The molecule has 4 nitrogen and oxygen atoms in total. The molecule has 0 radical (unpaired) electrons. The Bertz CT molecular complexity index is 359. The maximum absolute atomic E-state index is 12.7. The van der Waals surface area contributed by atoms with Gasteiger partial charge in [-0.25, -0.2) is 0 Å². The Morgan fingerprint density at radius 3 is 2.79 bits per heavy atom. The summed E-state index contributed by atoms with van der Waals surface area (Å²) < 4.78 is 5.51. The van der Waals surface area contributed by atoms with Crippen LogP contribution in [0.2, 0.25) is 0 Å². The van der Waals surface area contributed by atoms with Crippen LogP contribution in [-0.2, 0) is 9.53 Å². The molecule has 2 aliphatic heterocycles. The van der Waals surface area contributed by atoms with Crippen LogP contribution < -0.4 is 0 Å². The largest absolute Gasteiger partial charge is 0.388 e. The zero-order valence-electron chi connectivity index (χ0n) is 11.3. The van der Waals surface area contributed by atoms with Crippen LogP contribution in [-0.4, -0.2) is 52.7 Å². The first kappa shape index (κ1) is 13.7. The zero-order chi connectivity index (χ0) is 13.6. The van der Waals surface area contributed by atoms with Crippen molar-refractivity contribution in [1.29, 1.82) is 0 Å². The van der Waals surface area contributed by atoms with Gasteiger partial charge in [0.2, 0.25) is 5.91 Å². The molecule has 0 aromatic carbocycles. The molecule has 108 valence electrons. The number of carbonyl (C=O) groups excluding carboxylic acids is 1. The van der Waals surface area contributed by atoms with Crippen molar-refractivity contribution >= 4 is 17.5 Å². The van der Waals surface area contributed by atoms with E-state index in [-0.39, 0.29) is 29.3 Å². The fourth-order valence-electron chi connectivity index (χ4n) is 3.90. The number of likely N-dealkylation sites (tertiary alicyclic amines) is 1. The maximum atomic E-state index is 12.7. The third-order valence-electron chi connectivity index (χ3n) is 5.06. The van der Waals surface area contributed by atoms with E-state index < -0.39 is 6.10 Å². The van der Waals surface area contributed by atoms with Crippen LogP contribution in [0, 0.1) is 11.8 Å². The third-order valence-corrected chi connectivity index (χ3v) is 5.44. The predicted molar refractivity (Wildman–Crippen MR) is 72.0 cm³/mol. The minimum absolute atomic E-state index is 0.0397. The SMILES string of the molecule is C[C@H](C(=O)N1C[C@H](Cl)[C@H]2OC[C@H](O)[C@H]21)C1CCCC1. The van der Waals surface area contributed by atoms with E-state index in [0.29, 0.717) is 19.1 Å². The van der Waals surface area contributed by atoms with Gasteiger partial charge in [-0.05, 0) is 18.8 Å². The number of amides is 1. The Balaban J connectivity index is 1.72. The Morgan fingerprint density at radius 1 is 1.42 bits per heavy atom. The Labute approximate surface area is 119 Å². The van der Waals surface area contributed by atoms with Crippen molar-refractivity contribution in [3.05, 3.63) is 0 Å². The van der Waals surface area contributed by atoms with Gasteiger partial charge in [0.1, 0.15) is 6.10 Å². The van der Waals surface area contributed by atoms with Crippen molar-refractivity contribution in [2.45, 2.75) is 56.2 Å². The average Bonchev–Trinajstić information content (AvgIpc) is 3.08. The number of hydrogen-bond acceptors (Lipinski definition) is 3. The Hall–Kier alpha value is -0.320. The maximum Gasteiger partial charge on any atom is 0.226 e. The van der Waals surface area contributed by atoms with Gasteiger partial charge >= 0.3 is 0 Å². The highest BCUT2D eigenvalue weighted by Crippen LogP contribution is 2.37. The number of nitrogens with zero attached hydrogens (tertiary/aromatic N) is 1. The molecule has 0 unspecified atom stereocenters. The topological polar surface area (TPSA) is 49.8 Å². The minimum Gasteiger partial charge on any atom is -0.388 e. The number of halogens is 1. The quantitative estimate of drug-likeness (QED) is 0.781. The van der Waals surface area contributed by atoms with Crippen LogP contribution in [0.1, 0.15) is 32.6 Å². The van der Waals surface area contributed by atoms with Crippen molar-refractivity contribution in [3.63, 3.8) is 0 Å². The lowest BCUT2D eigenvalue weighted by molar-refractivity contribution is -0.139. The normalized spacial score (nSPS) is 40.7. The molecular weight excluding hydrogens is 266 g/mol. The van der Waals surface area contributed by atoms with E-state index in [2.05, 4.69) is 0 Å². The Morgan fingerprint density at radius 2 is 2.11 bits per heavy atom.